The van der Waals surface area contributed by atoms with Gasteiger partial charge in [-0.25, -0.2) is 0 Å². The summed E-state index contributed by atoms with van der Waals surface area (Å²) in [7, 11) is 0. The van der Waals surface area contributed by atoms with E-state index in [1.54, 1.807) is 0 Å². The topological polar surface area (TPSA) is 41.9 Å². The Morgan fingerprint density at radius 3 is 2.86 bits per heavy atom. The molecule has 0 atom stereocenters. The lowest BCUT2D eigenvalue weighted by Crippen LogP contribution is -2.23. The zero-order valence-electron chi connectivity index (χ0n) is 12.7. The Morgan fingerprint density at radius 1 is 1.32 bits per heavy atom. The molecule has 5 heteroatoms. The lowest BCUT2D eigenvalue weighted by molar-refractivity contribution is -0.113. The van der Waals surface area contributed by atoms with Gasteiger partial charge >= 0.3 is 0 Å². The van der Waals surface area contributed by atoms with E-state index in [4.69, 9.17) is 4.74 Å². The fourth-order valence-corrected chi connectivity index (χ4v) is 3.48. The lowest BCUT2D eigenvalue weighted by Gasteiger charge is -2.14. The van der Waals surface area contributed by atoms with Crippen molar-refractivity contribution in [1.29, 1.82) is 0 Å². The molecule has 1 saturated heterocycles. The number of carbonyl (C=O) groups excluding carboxylic acids is 1. The Kier molecular flexibility index (Phi) is 4.83. The third-order valence-corrected chi connectivity index (χ3v) is 4.70. The van der Waals surface area contributed by atoms with Crippen molar-refractivity contribution in [3.8, 4) is 5.75 Å². The van der Waals surface area contributed by atoms with Gasteiger partial charge in [0.25, 0.3) is 5.91 Å². The molecule has 0 spiro atoms. The minimum atomic E-state index is -0.141. The normalized spacial score (nSPS) is 19.9. The average molecular weight is 316 g/mol. The highest BCUT2D eigenvalue weighted by Crippen LogP contribution is 2.33. The summed E-state index contributed by atoms with van der Waals surface area (Å²) >= 11 is 1.48. The number of para-hydroxylation sites is 1. The zero-order valence-corrected chi connectivity index (χ0v) is 13.6. The lowest BCUT2D eigenvalue weighted by atomic mass is 10.2. The number of hydrogen-bond donors (Lipinski definition) is 0. The van der Waals surface area contributed by atoms with Crippen molar-refractivity contribution in [1.82, 2.24) is 4.90 Å². The highest BCUT2D eigenvalue weighted by atomic mass is 32.2. The van der Waals surface area contributed by atoms with Gasteiger partial charge in [0.15, 0.2) is 5.17 Å². The van der Waals surface area contributed by atoms with Crippen molar-refractivity contribution >= 4 is 28.9 Å². The molecule has 0 N–H and O–H groups in total. The van der Waals surface area contributed by atoms with E-state index in [9.17, 15) is 4.79 Å². The number of amidine groups is 1. The Morgan fingerprint density at radius 2 is 2.09 bits per heavy atom. The van der Waals surface area contributed by atoms with E-state index in [-0.39, 0.29) is 5.91 Å². The second-order valence-corrected chi connectivity index (χ2v) is 6.40. The molecular weight excluding hydrogens is 296 g/mol. The van der Waals surface area contributed by atoms with Crippen LogP contribution in [0.25, 0.3) is 6.08 Å². The van der Waals surface area contributed by atoms with Crippen LogP contribution >= 0.6 is 11.8 Å². The fourth-order valence-electron chi connectivity index (χ4n) is 2.53. The predicted molar refractivity (Wildman–Crippen MR) is 91.0 cm³/mol. The van der Waals surface area contributed by atoms with Crippen molar-refractivity contribution in [2.24, 2.45) is 4.99 Å². The van der Waals surface area contributed by atoms with Crippen LogP contribution in [0.2, 0.25) is 0 Å². The number of aliphatic imine (C=N–C) groups is 1. The molecule has 2 aliphatic rings. The molecule has 3 rings (SSSR count). The van der Waals surface area contributed by atoms with E-state index in [1.807, 2.05) is 30.3 Å². The molecule has 2 heterocycles. The van der Waals surface area contributed by atoms with Crippen LogP contribution < -0.4 is 4.74 Å². The van der Waals surface area contributed by atoms with E-state index in [2.05, 4.69) is 16.8 Å². The number of ether oxygens (including phenoxy) is 1. The van der Waals surface area contributed by atoms with E-state index in [0.717, 1.165) is 36.0 Å². The second-order valence-electron chi connectivity index (χ2n) is 5.39. The number of nitrogens with zero attached hydrogens (tertiary/aromatic N) is 2. The van der Waals surface area contributed by atoms with Crippen LogP contribution in [-0.4, -0.2) is 35.7 Å². The molecule has 0 saturated carbocycles. The Hall–Kier alpha value is -1.75. The molecule has 0 radical (unpaired) electrons. The molecule has 2 aliphatic heterocycles. The van der Waals surface area contributed by atoms with Crippen LogP contribution in [0.4, 0.5) is 0 Å². The van der Waals surface area contributed by atoms with Crippen molar-refractivity contribution in [2.75, 3.05) is 19.7 Å². The highest BCUT2D eigenvalue weighted by Gasteiger charge is 2.27. The van der Waals surface area contributed by atoms with E-state index < -0.39 is 0 Å². The van der Waals surface area contributed by atoms with Crippen molar-refractivity contribution in [3.05, 3.63) is 34.7 Å². The monoisotopic (exact) mass is 316 g/mol. The molecule has 0 bridgehead atoms. The van der Waals surface area contributed by atoms with E-state index in [1.165, 1.54) is 24.6 Å². The van der Waals surface area contributed by atoms with Gasteiger partial charge in [-0.3, -0.25) is 4.79 Å². The quantitative estimate of drug-likeness (QED) is 0.797. The number of rotatable bonds is 4. The zero-order chi connectivity index (χ0) is 15.4. The number of likely N-dealkylation sites (tertiary alicyclic amines) is 1. The Bertz CT molecular complexity index is 619. The third kappa shape index (κ3) is 3.35. The summed E-state index contributed by atoms with van der Waals surface area (Å²) in [5.74, 6) is 0.678. The van der Waals surface area contributed by atoms with Crippen LogP contribution in [0.1, 0.15) is 31.7 Å². The highest BCUT2D eigenvalue weighted by molar-refractivity contribution is 8.18. The second kappa shape index (κ2) is 7.01. The van der Waals surface area contributed by atoms with Gasteiger partial charge in [0.2, 0.25) is 0 Å². The maximum Gasteiger partial charge on any atom is 0.286 e. The van der Waals surface area contributed by atoms with Gasteiger partial charge in [0.05, 0.1) is 11.5 Å². The molecule has 0 unspecified atom stereocenters. The SMILES string of the molecule is CCCOc1ccccc1/C=C1\SC(N2CCCC2)=NC1=O. The number of carbonyl (C=O) groups is 1. The first-order valence-corrected chi connectivity index (χ1v) is 8.59. The van der Waals surface area contributed by atoms with Crippen molar-refractivity contribution in [3.63, 3.8) is 0 Å². The molecule has 4 nitrogen and oxygen atoms in total. The maximum atomic E-state index is 12.1. The molecule has 22 heavy (non-hydrogen) atoms. The first-order chi connectivity index (χ1) is 10.8. The van der Waals surface area contributed by atoms with Gasteiger partial charge in [0.1, 0.15) is 5.75 Å². The number of benzene rings is 1. The van der Waals surface area contributed by atoms with Crippen LogP contribution in [0.3, 0.4) is 0 Å². The Labute approximate surface area is 135 Å². The molecular formula is C17H20N2O2S. The summed E-state index contributed by atoms with van der Waals surface area (Å²) in [6, 6.07) is 7.81. The van der Waals surface area contributed by atoms with Gasteiger partial charge in [-0.2, -0.15) is 4.99 Å². The molecule has 0 aromatic heterocycles. The predicted octanol–water partition coefficient (Wildman–Crippen LogP) is 3.54. The number of hydrogen-bond acceptors (Lipinski definition) is 4. The minimum absolute atomic E-state index is 0.141. The molecule has 0 aliphatic carbocycles. The van der Waals surface area contributed by atoms with Crippen LogP contribution in [0.15, 0.2) is 34.2 Å². The molecule has 1 aromatic carbocycles. The van der Waals surface area contributed by atoms with Gasteiger partial charge in [-0.15, -0.1) is 0 Å². The average Bonchev–Trinajstić information content (AvgIpc) is 3.17. The summed E-state index contributed by atoms with van der Waals surface area (Å²) in [5.41, 5.74) is 0.935. The van der Waals surface area contributed by atoms with Gasteiger partial charge < -0.3 is 9.64 Å². The van der Waals surface area contributed by atoms with Gasteiger partial charge in [-0.05, 0) is 43.2 Å². The largest absolute Gasteiger partial charge is 0.493 e. The number of thioether (sulfide) groups is 1. The van der Waals surface area contributed by atoms with Gasteiger partial charge in [-0.1, -0.05) is 25.1 Å². The van der Waals surface area contributed by atoms with E-state index >= 15 is 0 Å². The minimum Gasteiger partial charge on any atom is -0.493 e. The smallest absolute Gasteiger partial charge is 0.286 e. The fraction of sp³-hybridized carbons (Fsp3) is 0.412. The first kappa shape index (κ1) is 15.2. The number of amides is 1. The molecule has 116 valence electrons. The summed E-state index contributed by atoms with van der Waals surface area (Å²) < 4.78 is 5.75. The maximum absolute atomic E-state index is 12.1. The molecule has 1 aromatic rings. The van der Waals surface area contributed by atoms with Crippen LogP contribution in [-0.2, 0) is 4.79 Å². The first-order valence-electron chi connectivity index (χ1n) is 7.77. The summed E-state index contributed by atoms with van der Waals surface area (Å²) in [6.07, 6.45) is 5.21. The summed E-state index contributed by atoms with van der Waals surface area (Å²) in [5, 5.41) is 0.848. The summed E-state index contributed by atoms with van der Waals surface area (Å²) in [6.45, 7) is 4.76. The Balaban J connectivity index is 1.77. The summed E-state index contributed by atoms with van der Waals surface area (Å²) in [4.78, 5) is 19.2. The van der Waals surface area contributed by atoms with Crippen molar-refractivity contribution < 1.29 is 9.53 Å². The van der Waals surface area contributed by atoms with Crippen molar-refractivity contribution in [2.45, 2.75) is 26.2 Å². The van der Waals surface area contributed by atoms with Crippen LogP contribution in [0.5, 0.6) is 5.75 Å². The van der Waals surface area contributed by atoms with E-state index in [0.29, 0.717) is 11.5 Å². The standard InChI is InChI=1S/C17H20N2O2S/c1-2-11-21-14-8-4-3-7-13(14)12-15-16(20)18-17(22-15)19-9-5-6-10-19/h3-4,7-8,12H,2,5-6,9-11H2,1H3/b15-12-. The molecule has 1 fully saturated rings. The van der Waals surface area contributed by atoms with Gasteiger partial charge in [0, 0.05) is 18.7 Å². The third-order valence-electron chi connectivity index (χ3n) is 3.65. The van der Waals surface area contributed by atoms with Crippen LogP contribution in [0, 0.1) is 0 Å². The molecule has 1 amide bonds.